The third kappa shape index (κ3) is 3.89. The Morgan fingerprint density at radius 2 is 2.04 bits per heavy atom. The van der Waals surface area contributed by atoms with Crippen LogP contribution in [0.2, 0.25) is 0 Å². The van der Waals surface area contributed by atoms with Gasteiger partial charge in [-0.2, -0.15) is 0 Å². The number of aromatic nitrogens is 1. The second-order valence-corrected chi connectivity index (χ2v) is 7.85. The van der Waals surface area contributed by atoms with Crippen LogP contribution in [-0.2, 0) is 4.74 Å². The number of carbonyl (C=O) groups is 1. The summed E-state index contributed by atoms with van der Waals surface area (Å²) in [6, 6.07) is 4.54. The Bertz CT molecular complexity index is 572. The lowest BCUT2D eigenvalue weighted by atomic mass is 9.90. The Hall–Kier alpha value is -1.62. The monoisotopic (exact) mass is 331 g/mol. The highest BCUT2D eigenvalue weighted by molar-refractivity contribution is 5.88. The number of nitrogens with one attached hydrogen (secondary N) is 1. The van der Waals surface area contributed by atoms with E-state index in [2.05, 4.69) is 16.4 Å². The van der Waals surface area contributed by atoms with E-state index in [0.717, 1.165) is 43.6 Å². The van der Waals surface area contributed by atoms with Gasteiger partial charge in [-0.1, -0.05) is 12.5 Å². The van der Waals surface area contributed by atoms with Gasteiger partial charge in [-0.15, -0.1) is 0 Å². The largest absolute Gasteiger partial charge is 0.443 e. The molecular formula is C19H29N3O2. The molecule has 1 saturated carbocycles. The lowest BCUT2D eigenvalue weighted by Gasteiger charge is -2.39. The second kappa shape index (κ2) is 7.09. The van der Waals surface area contributed by atoms with Crippen molar-refractivity contribution in [3.05, 3.63) is 23.9 Å². The minimum Gasteiger partial charge on any atom is -0.443 e. The second-order valence-electron chi connectivity index (χ2n) is 7.85. The molecule has 0 bridgehead atoms. The van der Waals surface area contributed by atoms with Crippen molar-refractivity contribution in [2.75, 3.05) is 11.4 Å². The maximum atomic E-state index is 12.9. The van der Waals surface area contributed by atoms with E-state index < -0.39 is 5.60 Å². The van der Waals surface area contributed by atoms with E-state index in [9.17, 15) is 4.79 Å². The third-order valence-electron chi connectivity index (χ3n) is 4.76. The quantitative estimate of drug-likeness (QED) is 0.902. The maximum absolute atomic E-state index is 12.9. The fraction of sp³-hybridized carbons (Fsp3) is 0.684. The average molecular weight is 331 g/mol. The van der Waals surface area contributed by atoms with Gasteiger partial charge in [-0.05, 0) is 65.5 Å². The van der Waals surface area contributed by atoms with Crippen molar-refractivity contribution in [2.24, 2.45) is 0 Å². The summed E-state index contributed by atoms with van der Waals surface area (Å²) in [5.74, 6) is 0.774. The van der Waals surface area contributed by atoms with Gasteiger partial charge in [-0.25, -0.2) is 9.78 Å². The van der Waals surface area contributed by atoms with E-state index in [1.54, 1.807) is 11.1 Å². The van der Waals surface area contributed by atoms with Gasteiger partial charge in [0, 0.05) is 23.8 Å². The van der Waals surface area contributed by atoms with E-state index in [-0.39, 0.29) is 18.2 Å². The van der Waals surface area contributed by atoms with Gasteiger partial charge in [0.25, 0.3) is 0 Å². The zero-order chi connectivity index (χ0) is 17.2. The van der Waals surface area contributed by atoms with Crippen molar-refractivity contribution in [3.63, 3.8) is 0 Å². The van der Waals surface area contributed by atoms with Crippen molar-refractivity contribution >= 4 is 11.9 Å². The minimum absolute atomic E-state index is 0.206. The molecule has 1 aromatic rings. The van der Waals surface area contributed by atoms with Crippen molar-refractivity contribution in [1.29, 1.82) is 0 Å². The number of ether oxygens (including phenoxy) is 1. The zero-order valence-corrected chi connectivity index (χ0v) is 15.0. The third-order valence-corrected chi connectivity index (χ3v) is 4.76. The van der Waals surface area contributed by atoms with Gasteiger partial charge in [0.15, 0.2) is 0 Å². The van der Waals surface area contributed by atoms with Crippen LogP contribution in [0.4, 0.5) is 10.6 Å². The molecule has 0 radical (unpaired) electrons. The van der Waals surface area contributed by atoms with Crippen molar-refractivity contribution in [1.82, 2.24) is 10.3 Å². The summed E-state index contributed by atoms with van der Waals surface area (Å²) in [5, 5.41) is 3.57. The van der Waals surface area contributed by atoms with Crippen LogP contribution in [-0.4, -0.2) is 29.3 Å². The predicted octanol–water partition coefficient (Wildman–Crippen LogP) is 4.19. The highest BCUT2D eigenvalue weighted by Crippen LogP contribution is 2.35. The first-order chi connectivity index (χ1) is 11.5. The molecule has 1 saturated heterocycles. The molecule has 1 aromatic heterocycles. The SMILES string of the molecule is CC(C)(C)OC(=O)N(c1ncccc1[C@@H]1CCCCN1)C1CCC1. The molecule has 5 nitrogen and oxygen atoms in total. The Morgan fingerprint density at radius 3 is 2.62 bits per heavy atom. The smallest absolute Gasteiger partial charge is 0.416 e. The van der Waals surface area contributed by atoms with Crippen LogP contribution in [0.3, 0.4) is 0 Å². The van der Waals surface area contributed by atoms with Gasteiger partial charge in [0.1, 0.15) is 11.4 Å². The maximum Gasteiger partial charge on any atom is 0.416 e. The number of hydrogen-bond donors (Lipinski definition) is 1. The number of carbonyl (C=O) groups excluding carboxylic acids is 1. The molecule has 132 valence electrons. The highest BCUT2D eigenvalue weighted by atomic mass is 16.6. The molecule has 2 fully saturated rings. The molecule has 0 unspecified atom stereocenters. The molecule has 3 rings (SSSR count). The Balaban J connectivity index is 1.91. The summed E-state index contributed by atoms with van der Waals surface area (Å²) in [7, 11) is 0. The number of amides is 1. The van der Waals surface area contributed by atoms with Gasteiger partial charge < -0.3 is 10.1 Å². The molecule has 24 heavy (non-hydrogen) atoms. The van der Waals surface area contributed by atoms with Crippen LogP contribution in [0.5, 0.6) is 0 Å². The Morgan fingerprint density at radius 1 is 1.25 bits per heavy atom. The van der Waals surface area contributed by atoms with Crippen molar-refractivity contribution < 1.29 is 9.53 Å². The van der Waals surface area contributed by atoms with Gasteiger partial charge in [-0.3, -0.25) is 4.90 Å². The predicted molar refractivity (Wildman–Crippen MR) is 95.2 cm³/mol. The first kappa shape index (κ1) is 17.2. The van der Waals surface area contributed by atoms with Crippen LogP contribution >= 0.6 is 0 Å². The number of hydrogen-bond acceptors (Lipinski definition) is 4. The summed E-state index contributed by atoms with van der Waals surface area (Å²) in [6.45, 7) is 6.75. The normalized spacial score (nSPS) is 21.9. The molecule has 0 aromatic carbocycles. The molecular weight excluding hydrogens is 302 g/mol. The van der Waals surface area contributed by atoms with Crippen LogP contribution in [0.1, 0.15) is 70.9 Å². The summed E-state index contributed by atoms with van der Waals surface area (Å²) >= 11 is 0. The fourth-order valence-corrected chi connectivity index (χ4v) is 3.36. The van der Waals surface area contributed by atoms with Crippen LogP contribution < -0.4 is 10.2 Å². The first-order valence-corrected chi connectivity index (χ1v) is 9.16. The number of anilines is 1. The fourth-order valence-electron chi connectivity index (χ4n) is 3.36. The molecule has 5 heteroatoms. The lowest BCUT2D eigenvalue weighted by Crippen LogP contribution is -2.48. The molecule has 2 aliphatic rings. The highest BCUT2D eigenvalue weighted by Gasteiger charge is 2.36. The van der Waals surface area contributed by atoms with Gasteiger partial charge >= 0.3 is 6.09 Å². The molecule has 1 aliphatic heterocycles. The van der Waals surface area contributed by atoms with E-state index in [1.165, 1.54) is 12.8 Å². The van der Waals surface area contributed by atoms with Gasteiger partial charge in [0.2, 0.25) is 0 Å². The first-order valence-electron chi connectivity index (χ1n) is 9.16. The van der Waals surface area contributed by atoms with E-state index in [4.69, 9.17) is 4.74 Å². The zero-order valence-electron chi connectivity index (χ0n) is 15.0. The number of piperidine rings is 1. The summed E-state index contributed by atoms with van der Waals surface area (Å²) in [4.78, 5) is 19.3. The number of nitrogens with zero attached hydrogens (tertiary/aromatic N) is 2. The van der Waals surface area contributed by atoms with E-state index >= 15 is 0 Å². The standard InChI is InChI=1S/C19H29N3O2/c1-19(2,3)24-18(23)22(14-8-6-9-14)17-15(10-7-13-21-17)16-11-4-5-12-20-16/h7,10,13-14,16,20H,4-6,8-9,11-12H2,1-3H3/t16-/m0/s1. The molecule has 1 N–H and O–H groups in total. The Labute approximate surface area is 144 Å². The van der Waals surface area contributed by atoms with Crippen LogP contribution in [0.25, 0.3) is 0 Å². The molecule has 0 spiro atoms. The molecule has 1 atom stereocenters. The Kier molecular flexibility index (Phi) is 5.09. The number of pyridine rings is 1. The molecule has 2 heterocycles. The minimum atomic E-state index is -0.503. The van der Waals surface area contributed by atoms with E-state index in [1.807, 2.05) is 26.8 Å². The number of rotatable bonds is 3. The summed E-state index contributed by atoms with van der Waals surface area (Å²) < 4.78 is 5.68. The van der Waals surface area contributed by atoms with Crippen molar-refractivity contribution in [2.45, 2.75) is 77.0 Å². The van der Waals surface area contributed by atoms with E-state index in [0.29, 0.717) is 0 Å². The topological polar surface area (TPSA) is 54.5 Å². The molecule has 1 amide bonds. The lowest BCUT2D eigenvalue weighted by molar-refractivity contribution is 0.0547. The summed E-state index contributed by atoms with van der Waals surface area (Å²) in [5.41, 5.74) is 0.617. The molecule has 1 aliphatic carbocycles. The average Bonchev–Trinajstić information content (AvgIpc) is 2.50. The van der Waals surface area contributed by atoms with Crippen LogP contribution in [0.15, 0.2) is 18.3 Å². The van der Waals surface area contributed by atoms with Gasteiger partial charge in [0.05, 0.1) is 0 Å². The van der Waals surface area contributed by atoms with Crippen LogP contribution in [0, 0.1) is 0 Å². The van der Waals surface area contributed by atoms with Crippen molar-refractivity contribution in [3.8, 4) is 0 Å². The summed E-state index contributed by atoms with van der Waals surface area (Å²) in [6.07, 6.45) is 8.22.